The number of benzene rings is 2. The summed E-state index contributed by atoms with van der Waals surface area (Å²) >= 11 is 0. The van der Waals surface area contributed by atoms with E-state index in [-0.39, 0.29) is 22.4 Å². The Morgan fingerprint density at radius 2 is 1.86 bits per heavy atom. The van der Waals surface area contributed by atoms with Gasteiger partial charge in [-0.2, -0.15) is 9.67 Å². The number of ether oxygens (including phenoxy) is 2. The summed E-state index contributed by atoms with van der Waals surface area (Å²) in [5, 5.41) is 7.01. The third-order valence-corrected chi connectivity index (χ3v) is 5.29. The zero-order chi connectivity index (χ0) is 20.6. The van der Waals surface area contributed by atoms with Crippen LogP contribution < -0.4 is 20.5 Å². The third-order valence-electron chi connectivity index (χ3n) is 4.14. The van der Waals surface area contributed by atoms with Gasteiger partial charge in [-0.1, -0.05) is 12.1 Å². The fourth-order valence-corrected chi connectivity index (χ4v) is 3.74. The molecule has 0 unspecified atom stereocenters. The first-order chi connectivity index (χ1) is 13.8. The maximum Gasteiger partial charge on any atom is 0.282 e. The standard InChI is InChI=1S/C18H17N5O5S/c1-29(25,26)15-5-3-2-4-12(15)16(24)23-17(19)21-18(22-23)20-11-6-7-13-14(10-11)28-9-8-27-13/h2-7,10H,8-9H2,1H3,(H3,19,20,21,22). The molecule has 3 N–H and O–H groups in total. The van der Waals surface area contributed by atoms with Crippen molar-refractivity contribution in [2.45, 2.75) is 4.90 Å². The maximum absolute atomic E-state index is 12.8. The first-order valence-corrected chi connectivity index (χ1v) is 10.4. The molecular weight excluding hydrogens is 398 g/mol. The molecule has 11 heteroatoms. The van der Waals surface area contributed by atoms with Gasteiger partial charge in [0.05, 0.1) is 10.5 Å². The van der Waals surface area contributed by atoms with Crippen LogP contribution in [-0.4, -0.2) is 48.6 Å². The molecule has 0 saturated carbocycles. The molecule has 0 bridgehead atoms. The van der Waals surface area contributed by atoms with Gasteiger partial charge in [0.2, 0.25) is 11.9 Å². The van der Waals surface area contributed by atoms with Crippen LogP contribution in [0.4, 0.5) is 17.6 Å². The fourth-order valence-electron chi connectivity index (χ4n) is 2.86. The zero-order valence-corrected chi connectivity index (χ0v) is 16.1. The lowest BCUT2D eigenvalue weighted by molar-refractivity contribution is 0.0944. The minimum absolute atomic E-state index is 0.0440. The van der Waals surface area contributed by atoms with E-state index in [4.69, 9.17) is 15.2 Å². The number of anilines is 3. The van der Waals surface area contributed by atoms with Crippen molar-refractivity contribution in [2.75, 3.05) is 30.5 Å². The first kappa shape index (κ1) is 18.7. The molecule has 0 amide bonds. The number of hydrogen-bond donors (Lipinski definition) is 2. The van der Waals surface area contributed by atoms with Crippen molar-refractivity contribution in [3.8, 4) is 11.5 Å². The molecule has 4 rings (SSSR count). The van der Waals surface area contributed by atoms with E-state index in [1.165, 1.54) is 18.2 Å². The van der Waals surface area contributed by atoms with Crippen LogP contribution in [0.1, 0.15) is 10.4 Å². The molecule has 0 atom stereocenters. The van der Waals surface area contributed by atoms with Crippen LogP contribution in [0, 0.1) is 0 Å². The van der Waals surface area contributed by atoms with Gasteiger partial charge in [-0.05, 0) is 24.3 Å². The highest BCUT2D eigenvalue weighted by Gasteiger charge is 2.23. The number of nitrogen functional groups attached to an aromatic ring is 1. The Morgan fingerprint density at radius 3 is 2.62 bits per heavy atom. The van der Waals surface area contributed by atoms with Gasteiger partial charge in [0.1, 0.15) is 13.2 Å². The zero-order valence-electron chi connectivity index (χ0n) is 15.3. The van der Waals surface area contributed by atoms with E-state index < -0.39 is 15.7 Å². The Balaban J connectivity index is 1.63. The predicted octanol–water partition coefficient (Wildman–Crippen LogP) is 1.47. The van der Waals surface area contributed by atoms with Gasteiger partial charge in [-0.25, -0.2) is 8.42 Å². The number of aromatic nitrogens is 3. The molecule has 10 nitrogen and oxygen atoms in total. The Bertz CT molecular complexity index is 1210. The van der Waals surface area contributed by atoms with Crippen LogP contribution in [0.25, 0.3) is 0 Å². The largest absolute Gasteiger partial charge is 0.486 e. The second kappa shape index (κ2) is 7.09. The number of nitrogens with one attached hydrogen (secondary N) is 1. The fraction of sp³-hybridized carbons (Fsp3) is 0.167. The van der Waals surface area contributed by atoms with Crippen molar-refractivity contribution < 1.29 is 22.7 Å². The van der Waals surface area contributed by atoms with Gasteiger partial charge in [-0.15, -0.1) is 5.10 Å². The molecule has 2 aromatic carbocycles. The summed E-state index contributed by atoms with van der Waals surface area (Å²) in [6.07, 6.45) is 1.03. The molecule has 0 saturated heterocycles. The monoisotopic (exact) mass is 415 g/mol. The van der Waals surface area contributed by atoms with Crippen LogP contribution in [0.15, 0.2) is 47.4 Å². The van der Waals surface area contributed by atoms with Crippen LogP contribution in [-0.2, 0) is 9.84 Å². The lowest BCUT2D eigenvalue weighted by Gasteiger charge is -2.18. The highest BCUT2D eigenvalue weighted by Crippen LogP contribution is 2.33. The van der Waals surface area contributed by atoms with Crippen LogP contribution in [0.5, 0.6) is 11.5 Å². The van der Waals surface area contributed by atoms with Crippen molar-refractivity contribution in [2.24, 2.45) is 0 Å². The SMILES string of the molecule is CS(=O)(=O)c1ccccc1C(=O)n1nc(Nc2ccc3c(c2)OCCO3)nc1N. The third kappa shape index (κ3) is 3.72. The van der Waals surface area contributed by atoms with Gasteiger partial charge < -0.3 is 20.5 Å². The number of rotatable bonds is 4. The topological polar surface area (TPSA) is 138 Å². The van der Waals surface area contributed by atoms with E-state index in [0.717, 1.165) is 10.9 Å². The van der Waals surface area contributed by atoms with Crippen molar-refractivity contribution in [3.63, 3.8) is 0 Å². The summed E-state index contributed by atoms with van der Waals surface area (Å²) in [6, 6.07) is 11.0. The molecule has 1 aliphatic heterocycles. The maximum atomic E-state index is 12.8. The summed E-state index contributed by atoms with van der Waals surface area (Å²) in [4.78, 5) is 16.8. The molecule has 29 heavy (non-hydrogen) atoms. The Kier molecular flexibility index (Phi) is 4.59. The molecule has 150 valence electrons. The summed E-state index contributed by atoms with van der Waals surface area (Å²) in [5.74, 6) is 0.396. The van der Waals surface area contributed by atoms with Crippen molar-refractivity contribution in [1.82, 2.24) is 14.8 Å². The molecule has 0 radical (unpaired) electrons. The average molecular weight is 415 g/mol. The van der Waals surface area contributed by atoms with E-state index in [1.54, 1.807) is 24.3 Å². The van der Waals surface area contributed by atoms with Crippen LogP contribution >= 0.6 is 0 Å². The number of sulfone groups is 1. The summed E-state index contributed by atoms with van der Waals surface area (Å²) < 4.78 is 35.8. The van der Waals surface area contributed by atoms with Crippen molar-refractivity contribution in [3.05, 3.63) is 48.0 Å². The van der Waals surface area contributed by atoms with Gasteiger partial charge >= 0.3 is 0 Å². The second-order valence-electron chi connectivity index (χ2n) is 6.26. The molecule has 0 spiro atoms. The Morgan fingerprint density at radius 1 is 1.14 bits per heavy atom. The first-order valence-electron chi connectivity index (χ1n) is 8.56. The highest BCUT2D eigenvalue weighted by atomic mass is 32.2. The van der Waals surface area contributed by atoms with E-state index >= 15 is 0 Å². The van der Waals surface area contributed by atoms with Gasteiger partial charge in [0.25, 0.3) is 5.91 Å². The number of fused-ring (bicyclic) bond motifs is 1. The summed E-state index contributed by atoms with van der Waals surface area (Å²) in [6.45, 7) is 0.934. The number of nitrogens with two attached hydrogens (primary N) is 1. The second-order valence-corrected chi connectivity index (χ2v) is 8.25. The summed E-state index contributed by atoms with van der Waals surface area (Å²) in [5.41, 5.74) is 6.40. The van der Waals surface area contributed by atoms with E-state index in [1.807, 2.05) is 0 Å². The molecule has 1 aromatic heterocycles. The Labute approximate surface area is 166 Å². The van der Waals surface area contributed by atoms with Gasteiger partial charge in [0.15, 0.2) is 21.3 Å². The highest BCUT2D eigenvalue weighted by molar-refractivity contribution is 7.90. The quantitative estimate of drug-likeness (QED) is 0.648. The van der Waals surface area contributed by atoms with Crippen LogP contribution in [0.2, 0.25) is 0 Å². The van der Waals surface area contributed by atoms with E-state index in [2.05, 4.69) is 15.4 Å². The number of hydrogen-bond acceptors (Lipinski definition) is 9. The van der Waals surface area contributed by atoms with Gasteiger partial charge in [0, 0.05) is 18.0 Å². The lowest BCUT2D eigenvalue weighted by Crippen LogP contribution is -2.19. The molecule has 1 aliphatic rings. The molecule has 3 aromatic rings. The van der Waals surface area contributed by atoms with Gasteiger partial charge in [-0.3, -0.25) is 4.79 Å². The molecule has 0 fully saturated rings. The number of carbonyl (C=O) groups is 1. The van der Waals surface area contributed by atoms with Crippen molar-refractivity contribution >= 4 is 33.3 Å². The van der Waals surface area contributed by atoms with E-state index in [9.17, 15) is 13.2 Å². The Hall–Kier alpha value is -3.60. The number of nitrogens with zero attached hydrogens (tertiary/aromatic N) is 3. The summed E-state index contributed by atoms with van der Waals surface area (Å²) in [7, 11) is -3.61. The molecular formula is C18H17N5O5S. The smallest absolute Gasteiger partial charge is 0.282 e. The minimum Gasteiger partial charge on any atom is -0.486 e. The molecule has 0 aliphatic carbocycles. The van der Waals surface area contributed by atoms with Crippen LogP contribution in [0.3, 0.4) is 0 Å². The van der Waals surface area contributed by atoms with Crippen molar-refractivity contribution in [1.29, 1.82) is 0 Å². The normalized spacial score (nSPS) is 13.1. The number of carbonyl (C=O) groups excluding carboxylic acids is 1. The predicted molar refractivity (Wildman–Crippen MR) is 104 cm³/mol. The molecule has 2 heterocycles. The average Bonchev–Trinajstić information content (AvgIpc) is 3.06. The minimum atomic E-state index is -3.61. The lowest BCUT2D eigenvalue weighted by atomic mass is 10.2. The van der Waals surface area contributed by atoms with E-state index in [0.29, 0.717) is 30.4 Å².